The van der Waals surface area contributed by atoms with Crippen molar-refractivity contribution in [3.05, 3.63) is 137 Å². The molecule has 4 aromatic rings. The van der Waals surface area contributed by atoms with Gasteiger partial charge in [-0.3, -0.25) is 9.56 Å². The van der Waals surface area contributed by atoms with Crippen molar-refractivity contribution in [3.63, 3.8) is 0 Å². The Bertz CT molecular complexity index is 1720. The topological polar surface area (TPSA) is 33.4 Å². The van der Waals surface area contributed by atoms with E-state index in [1.165, 1.54) is 39.3 Å². The van der Waals surface area contributed by atoms with Gasteiger partial charge in [0.2, 0.25) is 0 Å². The second kappa shape index (κ2) is 10.8. The number of para-hydroxylation sites is 1. The summed E-state index contributed by atoms with van der Waals surface area (Å²) in [6.45, 7) is 9.15. The van der Waals surface area contributed by atoms with E-state index in [1.807, 2.05) is 6.20 Å². The van der Waals surface area contributed by atoms with Crippen LogP contribution in [0.5, 0.6) is 0 Å². The fourth-order valence-electron chi connectivity index (χ4n) is 6.69. The Morgan fingerprint density at radius 1 is 0.810 bits per heavy atom. The highest BCUT2D eigenvalue weighted by Gasteiger charge is 2.40. The molecule has 0 saturated carbocycles. The number of hydrogen-bond acceptors (Lipinski definition) is 3. The normalized spacial score (nSPS) is 19.2. The zero-order chi connectivity index (χ0) is 28.8. The van der Waals surface area contributed by atoms with Crippen molar-refractivity contribution in [2.45, 2.75) is 64.5 Å². The lowest BCUT2D eigenvalue weighted by Gasteiger charge is -2.31. The van der Waals surface area contributed by atoms with Crippen molar-refractivity contribution in [3.8, 4) is 17.1 Å². The summed E-state index contributed by atoms with van der Waals surface area (Å²) in [6.07, 6.45) is 17.8. The molecule has 4 nitrogen and oxygen atoms in total. The summed E-state index contributed by atoms with van der Waals surface area (Å²) in [5.41, 5.74) is 11.1. The lowest BCUT2D eigenvalue weighted by Crippen LogP contribution is -2.33. The number of aromatic nitrogens is 2. The molecule has 0 amide bonds. The standard InChI is InChI=1S/C38H38N4/c1-25(2)31-23-28(24-32(26(3)4)37(31)41-22-21-39-38(41)27-13-7-5-8-14-27)33-19-20-35-36(40-33)30-17-11-12-18-34(30)42(35)29-15-9-6-10-16-29/h5,7-9,11-26,35-36H,6,10H2,1-4H3. The zero-order valence-electron chi connectivity index (χ0n) is 24.9. The van der Waals surface area contributed by atoms with Crippen LogP contribution in [-0.2, 0) is 0 Å². The molecule has 1 aliphatic carbocycles. The first-order valence-corrected chi connectivity index (χ1v) is 15.3. The predicted octanol–water partition coefficient (Wildman–Crippen LogP) is 9.31. The average Bonchev–Trinajstić information content (AvgIpc) is 3.64. The number of benzene rings is 3. The number of allylic oxidation sites excluding steroid dienone is 4. The molecule has 2 aliphatic heterocycles. The predicted molar refractivity (Wildman–Crippen MR) is 175 cm³/mol. The molecular weight excluding hydrogens is 512 g/mol. The SMILES string of the molecule is CC(C)c1cc(C2=NC3c4ccccc4N(C4=CCCC=C4)C3C=C2)cc(C(C)C)c1-n1ccnc1-c1ccccc1. The van der Waals surface area contributed by atoms with Crippen LogP contribution < -0.4 is 4.90 Å². The van der Waals surface area contributed by atoms with Crippen LogP contribution in [0, 0.1) is 0 Å². The molecule has 42 heavy (non-hydrogen) atoms. The number of rotatable bonds is 6. The number of aliphatic imine (C=N–C) groups is 1. The van der Waals surface area contributed by atoms with Gasteiger partial charge in [0.05, 0.1) is 17.4 Å². The van der Waals surface area contributed by atoms with E-state index in [1.54, 1.807) is 0 Å². The van der Waals surface area contributed by atoms with Crippen LogP contribution in [0.25, 0.3) is 17.1 Å². The third-order valence-corrected chi connectivity index (χ3v) is 8.74. The van der Waals surface area contributed by atoms with Crippen LogP contribution in [-0.4, -0.2) is 21.3 Å². The molecule has 0 spiro atoms. The molecule has 210 valence electrons. The second-order valence-electron chi connectivity index (χ2n) is 12.1. The Morgan fingerprint density at radius 2 is 1.55 bits per heavy atom. The minimum absolute atomic E-state index is 0.0698. The molecule has 1 aromatic heterocycles. The van der Waals surface area contributed by atoms with E-state index in [0.29, 0.717) is 11.8 Å². The molecule has 0 N–H and O–H groups in total. The maximum atomic E-state index is 5.48. The minimum Gasteiger partial charge on any atom is -0.332 e. The highest BCUT2D eigenvalue weighted by atomic mass is 15.2. The molecule has 2 unspecified atom stereocenters. The summed E-state index contributed by atoms with van der Waals surface area (Å²) in [7, 11) is 0. The van der Waals surface area contributed by atoms with E-state index in [9.17, 15) is 0 Å². The first kappa shape index (κ1) is 26.5. The second-order valence-corrected chi connectivity index (χ2v) is 12.1. The van der Waals surface area contributed by atoms with Crippen LogP contribution in [0.2, 0.25) is 0 Å². The quantitative estimate of drug-likeness (QED) is 0.240. The van der Waals surface area contributed by atoms with Crippen molar-refractivity contribution in [2.24, 2.45) is 4.99 Å². The number of anilines is 1. The third kappa shape index (κ3) is 4.46. The molecule has 4 heteroatoms. The Morgan fingerprint density at radius 3 is 2.26 bits per heavy atom. The van der Waals surface area contributed by atoms with Crippen molar-refractivity contribution in [1.29, 1.82) is 0 Å². The number of hydrogen-bond donors (Lipinski definition) is 0. The number of nitrogens with zero attached hydrogens (tertiary/aromatic N) is 4. The van der Waals surface area contributed by atoms with Crippen molar-refractivity contribution >= 4 is 11.4 Å². The number of fused-ring (bicyclic) bond motifs is 3. The Balaban J connectivity index is 1.34. The van der Waals surface area contributed by atoms with Crippen molar-refractivity contribution in [1.82, 2.24) is 9.55 Å². The molecule has 0 radical (unpaired) electrons. The van der Waals surface area contributed by atoms with Gasteiger partial charge in [-0.15, -0.1) is 0 Å². The fraction of sp³-hybridized carbons (Fsp3) is 0.263. The number of dihydropyridines is 1. The Hall–Kier alpha value is -4.44. The molecule has 3 aliphatic rings. The van der Waals surface area contributed by atoms with E-state index in [4.69, 9.17) is 9.98 Å². The Labute approximate surface area is 249 Å². The van der Waals surface area contributed by atoms with Gasteiger partial charge in [-0.1, -0.05) is 94.5 Å². The van der Waals surface area contributed by atoms with Gasteiger partial charge in [0.1, 0.15) is 11.9 Å². The van der Waals surface area contributed by atoms with E-state index in [0.717, 1.165) is 29.9 Å². The summed E-state index contributed by atoms with van der Waals surface area (Å²) in [4.78, 5) is 12.8. The van der Waals surface area contributed by atoms with Crippen LogP contribution in [0.4, 0.5) is 5.69 Å². The van der Waals surface area contributed by atoms with Gasteiger partial charge in [-0.05, 0) is 66.2 Å². The zero-order valence-corrected chi connectivity index (χ0v) is 24.9. The molecular formula is C38H38N4. The summed E-state index contributed by atoms with van der Waals surface area (Å²) >= 11 is 0. The summed E-state index contributed by atoms with van der Waals surface area (Å²) < 4.78 is 2.29. The van der Waals surface area contributed by atoms with E-state index < -0.39 is 0 Å². The van der Waals surface area contributed by atoms with Crippen molar-refractivity contribution in [2.75, 3.05) is 4.90 Å². The first-order chi connectivity index (χ1) is 20.5. The van der Waals surface area contributed by atoms with Crippen LogP contribution in [0.1, 0.15) is 80.7 Å². The van der Waals surface area contributed by atoms with Gasteiger partial charge in [-0.25, -0.2) is 4.98 Å². The van der Waals surface area contributed by atoms with E-state index >= 15 is 0 Å². The van der Waals surface area contributed by atoms with E-state index in [-0.39, 0.29) is 12.1 Å². The summed E-state index contributed by atoms with van der Waals surface area (Å²) in [5.74, 6) is 1.63. The fourth-order valence-corrected chi connectivity index (χ4v) is 6.69. The smallest absolute Gasteiger partial charge is 0.144 e. The van der Waals surface area contributed by atoms with Gasteiger partial charge in [0.15, 0.2) is 0 Å². The number of imidazole rings is 1. The maximum absolute atomic E-state index is 5.48. The van der Waals surface area contributed by atoms with Gasteiger partial charge < -0.3 is 4.90 Å². The first-order valence-electron chi connectivity index (χ1n) is 15.3. The molecule has 3 heterocycles. The monoisotopic (exact) mass is 550 g/mol. The van der Waals surface area contributed by atoms with Crippen molar-refractivity contribution < 1.29 is 0 Å². The highest BCUT2D eigenvalue weighted by molar-refractivity contribution is 6.10. The van der Waals surface area contributed by atoms with Crippen LogP contribution in [0.3, 0.4) is 0 Å². The molecule has 3 aromatic carbocycles. The van der Waals surface area contributed by atoms with Crippen LogP contribution in [0.15, 0.2) is 120 Å². The van der Waals surface area contributed by atoms with E-state index in [2.05, 4.69) is 140 Å². The Kier molecular flexibility index (Phi) is 6.78. The average molecular weight is 551 g/mol. The van der Waals surface area contributed by atoms with Gasteiger partial charge >= 0.3 is 0 Å². The molecule has 0 bridgehead atoms. The van der Waals surface area contributed by atoms with Gasteiger partial charge in [0.25, 0.3) is 0 Å². The molecule has 7 rings (SSSR count). The largest absolute Gasteiger partial charge is 0.332 e. The lowest BCUT2D eigenvalue weighted by molar-refractivity contribution is 0.652. The summed E-state index contributed by atoms with van der Waals surface area (Å²) in [6, 6.07) is 24.3. The molecule has 0 saturated heterocycles. The van der Waals surface area contributed by atoms with Gasteiger partial charge in [-0.2, -0.15) is 0 Å². The third-order valence-electron chi connectivity index (χ3n) is 8.74. The van der Waals surface area contributed by atoms with Gasteiger partial charge in [0, 0.05) is 40.5 Å². The maximum Gasteiger partial charge on any atom is 0.144 e. The summed E-state index contributed by atoms with van der Waals surface area (Å²) in [5, 5.41) is 0. The molecule has 0 fully saturated rings. The highest BCUT2D eigenvalue weighted by Crippen LogP contribution is 2.47. The van der Waals surface area contributed by atoms with Crippen LogP contribution >= 0.6 is 0 Å². The minimum atomic E-state index is 0.0698. The molecule has 2 atom stereocenters. The lowest BCUT2D eigenvalue weighted by atomic mass is 9.88.